The minimum atomic E-state index is 0.270. The molecule has 0 amide bonds. The molecule has 0 aromatic carbocycles. The van der Waals surface area contributed by atoms with Gasteiger partial charge < -0.3 is 10.6 Å². The summed E-state index contributed by atoms with van der Waals surface area (Å²) in [4.78, 5) is 2.48. The van der Waals surface area contributed by atoms with Crippen molar-refractivity contribution in [2.45, 2.75) is 57.0 Å². The van der Waals surface area contributed by atoms with Gasteiger partial charge in [-0.15, -0.1) is 0 Å². The summed E-state index contributed by atoms with van der Waals surface area (Å²) in [5.74, 6) is 0.947. The van der Waals surface area contributed by atoms with Crippen LogP contribution in [0.15, 0.2) is 0 Å². The van der Waals surface area contributed by atoms with Crippen molar-refractivity contribution in [3.8, 4) is 0 Å². The molecule has 2 unspecified atom stereocenters. The van der Waals surface area contributed by atoms with Crippen LogP contribution in [0.1, 0.15) is 45.4 Å². The van der Waals surface area contributed by atoms with Crippen molar-refractivity contribution in [2.24, 2.45) is 11.7 Å². The van der Waals surface area contributed by atoms with Gasteiger partial charge in [0.15, 0.2) is 0 Å². The molecule has 82 valence electrons. The van der Waals surface area contributed by atoms with Crippen LogP contribution >= 0.6 is 0 Å². The summed E-state index contributed by atoms with van der Waals surface area (Å²) in [6.07, 6.45) is 7.95. The number of rotatable bonds is 3. The highest BCUT2D eigenvalue weighted by atomic mass is 15.1. The third-order valence-corrected chi connectivity index (χ3v) is 4.26. The first-order valence-corrected chi connectivity index (χ1v) is 6.08. The van der Waals surface area contributed by atoms with Crippen molar-refractivity contribution < 1.29 is 0 Å². The zero-order valence-electron chi connectivity index (χ0n) is 9.63. The van der Waals surface area contributed by atoms with E-state index in [0.717, 1.165) is 12.0 Å². The minimum absolute atomic E-state index is 0.270. The lowest BCUT2D eigenvalue weighted by Crippen LogP contribution is -2.38. The van der Waals surface area contributed by atoms with Crippen molar-refractivity contribution in [3.63, 3.8) is 0 Å². The van der Waals surface area contributed by atoms with Gasteiger partial charge >= 0.3 is 0 Å². The molecular formula is C12H24N2. The van der Waals surface area contributed by atoms with Gasteiger partial charge in [0.2, 0.25) is 0 Å². The summed E-state index contributed by atoms with van der Waals surface area (Å²) in [6.45, 7) is 3.63. The standard InChI is InChI=1S/C12H24N2/c1-10-9-11(4-8-14(10)2)3-5-12(13)6-7-12/h10-11H,3-9,13H2,1-2H3. The Morgan fingerprint density at radius 1 is 1.43 bits per heavy atom. The van der Waals surface area contributed by atoms with Crippen molar-refractivity contribution in [1.82, 2.24) is 4.90 Å². The van der Waals surface area contributed by atoms with Gasteiger partial charge in [-0.3, -0.25) is 0 Å². The van der Waals surface area contributed by atoms with Gasteiger partial charge in [0.1, 0.15) is 0 Å². The van der Waals surface area contributed by atoms with Crippen LogP contribution in [0.3, 0.4) is 0 Å². The van der Waals surface area contributed by atoms with Gasteiger partial charge in [-0.25, -0.2) is 0 Å². The molecule has 2 nitrogen and oxygen atoms in total. The third-order valence-electron chi connectivity index (χ3n) is 4.26. The van der Waals surface area contributed by atoms with E-state index in [4.69, 9.17) is 5.73 Å². The molecule has 2 atom stereocenters. The van der Waals surface area contributed by atoms with E-state index >= 15 is 0 Å². The van der Waals surface area contributed by atoms with Crippen LogP contribution in [0.5, 0.6) is 0 Å². The van der Waals surface area contributed by atoms with Gasteiger partial charge in [-0.05, 0) is 65.0 Å². The molecule has 1 saturated heterocycles. The highest BCUT2D eigenvalue weighted by molar-refractivity contribution is 4.98. The Bertz CT molecular complexity index is 198. The Balaban J connectivity index is 1.71. The lowest BCUT2D eigenvalue weighted by Gasteiger charge is -2.35. The number of hydrogen-bond acceptors (Lipinski definition) is 2. The normalized spacial score (nSPS) is 37.1. The first-order chi connectivity index (χ1) is 6.59. The van der Waals surface area contributed by atoms with Crippen LogP contribution in [0.2, 0.25) is 0 Å². The van der Waals surface area contributed by atoms with Crippen LogP contribution < -0.4 is 5.73 Å². The Morgan fingerprint density at radius 2 is 2.14 bits per heavy atom. The van der Waals surface area contributed by atoms with Crippen LogP contribution in [-0.2, 0) is 0 Å². The molecule has 0 aromatic heterocycles. The molecular weight excluding hydrogens is 172 g/mol. The predicted octanol–water partition coefficient (Wildman–Crippen LogP) is 1.99. The second kappa shape index (κ2) is 3.82. The maximum absolute atomic E-state index is 6.12. The van der Waals surface area contributed by atoms with E-state index < -0.39 is 0 Å². The first-order valence-electron chi connectivity index (χ1n) is 6.08. The zero-order chi connectivity index (χ0) is 10.2. The Hall–Kier alpha value is -0.0800. The highest BCUT2D eigenvalue weighted by Gasteiger charge is 2.38. The van der Waals surface area contributed by atoms with Crippen LogP contribution in [0, 0.1) is 5.92 Å². The number of likely N-dealkylation sites (tertiary alicyclic amines) is 1. The van der Waals surface area contributed by atoms with E-state index in [-0.39, 0.29) is 5.54 Å². The van der Waals surface area contributed by atoms with E-state index in [1.165, 1.54) is 45.1 Å². The van der Waals surface area contributed by atoms with Gasteiger partial charge in [0.05, 0.1) is 0 Å². The van der Waals surface area contributed by atoms with Crippen molar-refractivity contribution in [2.75, 3.05) is 13.6 Å². The van der Waals surface area contributed by atoms with E-state index in [0.29, 0.717) is 0 Å². The van der Waals surface area contributed by atoms with Crippen LogP contribution in [0.4, 0.5) is 0 Å². The molecule has 2 rings (SSSR count). The average Bonchev–Trinajstić information content (AvgIpc) is 2.87. The molecule has 2 aliphatic rings. The summed E-state index contributed by atoms with van der Waals surface area (Å²) in [5.41, 5.74) is 6.39. The predicted molar refractivity (Wildman–Crippen MR) is 60.2 cm³/mol. The third kappa shape index (κ3) is 2.48. The molecule has 0 aromatic rings. The number of nitrogens with zero attached hydrogens (tertiary/aromatic N) is 1. The number of hydrogen-bond donors (Lipinski definition) is 1. The van der Waals surface area contributed by atoms with Gasteiger partial charge in [-0.1, -0.05) is 0 Å². The van der Waals surface area contributed by atoms with E-state index in [1.54, 1.807) is 0 Å². The van der Waals surface area contributed by atoms with E-state index in [9.17, 15) is 0 Å². The fourth-order valence-electron chi connectivity index (χ4n) is 2.55. The van der Waals surface area contributed by atoms with Crippen LogP contribution in [0.25, 0.3) is 0 Å². The van der Waals surface area contributed by atoms with Gasteiger partial charge in [0, 0.05) is 11.6 Å². The van der Waals surface area contributed by atoms with Crippen molar-refractivity contribution in [1.29, 1.82) is 0 Å². The molecule has 14 heavy (non-hydrogen) atoms. The minimum Gasteiger partial charge on any atom is -0.325 e. The summed E-state index contributed by atoms with van der Waals surface area (Å²) in [7, 11) is 2.24. The second-order valence-corrected chi connectivity index (χ2v) is 5.62. The second-order valence-electron chi connectivity index (χ2n) is 5.62. The topological polar surface area (TPSA) is 29.3 Å². The number of piperidine rings is 1. The Kier molecular flexibility index (Phi) is 2.85. The summed E-state index contributed by atoms with van der Waals surface area (Å²) in [5, 5.41) is 0. The molecule has 1 aliphatic carbocycles. The summed E-state index contributed by atoms with van der Waals surface area (Å²) in [6, 6.07) is 0.779. The average molecular weight is 196 g/mol. The lowest BCUT2D eigenvalue weighted by atomic mass is 9.87. The quantitative estimate of drug-likeness (QED) is 0.748. The van der Waals surface area contributed by atoms with Crippen LogP contribution in [-0.4, -0.2) is 30.1 Å². The van der Waals surface area contributed by atoms with E-state index in [1.807, 2.05) is 0 Å². The highest BCUT2D eigenvalue weighted by Crippen LogP contribution is 2.39. The van der Waals surface area contributed by atoms with Gasteiger partial charge in [-0.2, -0.15) is 0 Å². The Morgan fingerprint density at radius 3 is 2.71 bits per heavy atom. The molecule has 0 bridgehead atoms. The molecule has 2 N–H and O–H groups in total. The maximum atomic E-state index is 6.12. The molecule has 2 fully saturated rings. The zero-order valence-corrected chi connectivity index (χ0v) is 9.63. The molecule has 0 radical (unpaired) electrons. The summed E-state index contributed by atoms with van der Waals surface area (Å²) >= 11 is 0. The molecule has 2 heteroatoms. The largest absolute Gasteiger partial charge is 0.325 e. The SMILES string of the molecule is CC1CC(CCC2(N)CC2)CCN1C. The number of nitrogens with two attached hydrogens (primary N) is 1. The first kappa shape index (κ1) is 10.4. The van der Waals surface area contributed by atoms with Gasteiger partial charge in [0.25, 0.3) is 0 Å². The van der Waals surface area contributed by atoms with E-state index in [2.05, 4.69) is 18.9 Å². The fraction of sp³-hybridized carbons (Fsp3) is 1.00. The summed E-state index contributed by atoms with van der Waals surface area (Å²) < 4.78 is 0. The van der Waals surface area contributed by atoms with Crippen molar-refractivity contribution >= 4 is 0 Å². The molecule has 1 aliphatic heterocycles. The molecule has 1 heterocycles. The fourth-order valence-corrected chi connectivity index (χ4v) is 2.55. The van der Waals surface area contributed by atoms with Crippen molar-refractivity contribution in [3.05, 3.63) is 0 Å². The smallest absolute Gasteiger partial charge is 0.0155 e. The Labute approximate surface area is 87.8 Å². The maximum Gasteiger partial charge on any atom is 0.0155 e. The molecule has 0 spiro atoms. The monoisotopic (exact) mass is 196 g/mol. The lowest BCUT2D eigenvalue weighted by molar-refractivity contribution is 0.146. The molecule has 1 saturated carbocycles.